The highest BCUT2D eigenvalue weighted by atomic mass is 79.9. The number of hydrogen-bond acceptors (Lipinski definition) is 15. The lowest BCUT2D eigenvalue weighted by atomic mass is 9.57. The fourth-order valence-corrected chi connectivity index (χ4v) is 10.4. The van der Waals surface area contributed by atoms with Crippen LogP contribution in [0.3, 0.4) is 0 Å². The van der Waals surface area contributed by atoms with E-state index >= 15 is 0 Å². The predicted octanol–water partition coefficient (Wildman–Crippen LogP) is 4.31. The maximum Gasteiger partial charge on any atom is 0.446 e. The summed E-state index contributed by atoms with van der Waals surface area (Å²) >= 11 is 6.23. The molecule has 0 amide bonds. The van der Waals surface area contributed by atoms with Crippen molar-refractivity contribution < 1.29 is 35.5 Å². The van der Waals surface area contributed by atoms with Gasteiger partial charge in [0.25, 0.3) is 0 Å². The lowest BCUT2D eigenvalue weighted by Gasteiger charge is -2.58. The predicted molar refractivity (Wildman–Crippen MR) is 203 cm³/mol. The van der Waals surface area contributed by atoms with Crippen LogP contribution < -0.4 is 16.8 Å². The van der Waals surface area contributed by atoms with Crippen LogP contribution in [0.5, 0.6) is 0 Å². The van der Waals surface area contributed by atoms with Gasteiger partial charge in [-0.2, -0.15) is 0 Å². The first kappa shape index (κ1) is 38.8. The molecular weight excluding hydrogens is 918 g/mol. The standard InChI is InChI=1S/C18H17BrFN5O5S.C17H15BrFN5O3/c1-31(27,28)24-8-18(9-24)6-10(7-18)4-14-15(22-30-21-14)16-23-29-17(26)25(16)11-2-3-13(20)12(19)5-11;18-11-4-10(1-2-12(11)19)24-15(23-26-16(24)25)14-13(21-27-22-14)3-9-5-17(6-9)7-20-8-17/h2-3,5,10H,4,6-9H2,1H3;1-2,4,9,20H,3,5-8H2. The quantitative estimate of drug-likeness (QED) is 0.213. The largest absolute Gasteiger partial charge is 0.446 e. The number of rotatable bonds is 9. The summed E-state index contributed by atoms with van der Waals surface area (Å²) < 4.78 is 74.2. The van der Waals surface area contributed by atoms with Gasteiger partial charge >= 0.3 is 11.5 Å². The van der Waals surface area contributed by atoms with Crippen molar-refractivity contribution in [2.24, 2.45) is 22.7 Å². The Hall–Kier alpha value is -4.71. The van der Waals surface area contributed by atoms with Crippen LogP contribution in [-0.4, -0.2) is 85.2 Å². The Labute approximate surface area is 343 Å². The maximum atomic E-state index is 13.6. The summed E-state index contributed by atoms with van der Waals surface area (Å²) in [4.78, 5) is 24.5. The Morgan fingerprint density at radius 3 is 1.57 bits per heavy atom. The second kappa shape index (κ2) is 14.5. The van der Waals surface area contributed by atoms with E-state index in [0.29, 0.717) is 71.6 Å². The summed E-state index contributed by atoms with van der Waals surface area (Å²) in [6, 6.07) is 8.28. The van der Waals surface area contributed by atoms with E-state index < -0.39 is 33.2 Å². The first-order valence-corrected chi connectivity index (χ1v) is 21.5. The van der Waals surface area contributed by atoms with Gasteiger partial charge in [-0.25, -0.2) is 49.5 Å². The van der Waals surface area contributed by atoms with Gasteiger partial charge in [0.15, 0.2) is 11.4 Å². The van der Waals surface area contributed by atoms with Crippen molar-refractivity contribution in [1.82, 2.24) is 49.7 Å². The van der Waals surface area contributed by atoms with Crippen molar-refractivity contribution in [3.05, 3.63) is 89.5 Å². The van der Waals surface area contributed by atoms with Gasteiger partial charge in [0, 0.05) is 26.2 Å². The molecule has 2 spiro atoms. The number of sulfonamides is 1. The van der Waals surface area contributed by atoms with E-state index in [-0.39, 0.29) is 31.7 Å². The van der Waals surface area contributed by atoms with Crippen LogP contribution in [-0.2, 0) is 22.9 Å². The number of nitrogens with zero attached hydrogens (tertiary/aromatic N) is 9. The molecule has 2 aliphatic heterocycles. The summed E-state index contributed by atoms with van der Waals surface area (Å²) in [7, 11) is -3.14. The van der Waals surface area contributed by atoms with E-state index in [2.05, 4.69) is 68.1 Å². The molecule has 1 N–H and O–H groups in total. The Kier molecular flexibility index (Phi) is 9.72. The van der Waals surface area contributed by atoms with Crippen molar-refractivity contribution in [2.45, 2.75) is 38.5 Å². The Bertz CT molecular complexity index is 2750. The molecule has 6 aromatic rings. The van der Waals surface area contributed by atoms with E-state index in [1.165, 1.54) is 56.1 Å². The van der Waals surface area contributed by atoms with Gasteiger partial charge in [0.2, 0.25) is 21.7 Å². The van der Waals surface area contributed by atoms with Gasteiger partial charge in [-0.1, -0.05) is 20.6 Å². The fraction of sp³-hybridized carbons (Fsp3) is 0.429. The van der Waals surface area contributed by atoms with Gasteiger partial charge in [-0.3, -0.25) is 9.05 Å². The molecule has 0 atom stereocenters. The number of nitrogens with one attached hydrogen (secondary N) is 1. The zero-order valence-electron chi connectivity index (χ0n) is 30.4. The Balaban J connectivity index is 0.000000152. The van der Waals surface area contributed by atoms with Crippen molar-refractivity contribution in [1.29, 1.82) is 0 Å². The molecule has 58 heavy (non-hydrogen) atoms. The minimum Gasteiger partial charge on any atom is -0.316 e. The van der Waals surface area contributed by atoms with Crippen molar-refractivity contribution in [3.8, 4) is 34.4 Å². The van der Waals surface area contributed by atoms with Gasteiger partial charge in [0.1, 0.15) is 23.0 Å². The SMILES string of the molecule is CS(=O)(=O)N1CC2(CC(Cc3nonc3-c3noc(=O)n3-c3ccc(F)c(Br)c3)C2)C1.O=c1onc(-c2nonc2CC2CC3(CNC3)C2)n1-c1ccc(F)c(Br)c1. The molecule has 2 aliphatic carbocycles. The smallest absolute Gasteiger partial charge is 0.316 e. The molecular formula is C35H32Br2F2N10O8S. The zero-order valence-corrected chi connectivity index (χ0v) is 34.4. The van der Waals surface area contributed by atoms with E-state index in [0.717, 1.165) is 38.8 Å². The van der Waals surface area contributed by atoms with Crippen molar-refractivity contribution in [2.75, 3.05) is 32.4 Å². The third-order valence-electron chi connectivity index (χ3n) is 11.4. The van der Waals surface area contributed by atoms with Crippen LogP contribution in [0.25, 0.3) is 34.4 Å². The van der Waals surface area contributed by atoms with E-state index in [1.54, 1.807) is 0 Å². The van der Waals surface area contributed by atoms with Crippen molar-refractivity contribution >= 4 is 41.9 Å². The lowest BCUT2D eigenvalue weighted by Crippen LogP contribution is -2.63. The van der Waals surface area contributed by atoms with Crippen LogP contribution in [0.15, 0.2) is 73.2 Å². The molecule has 6 heterocycles. The summed E-state index contributed by atoms with van der Waals surface area (Å²) in [5.74, 6) is -1.25. The fourth-order valence-electron chi connectivity index (χ4n) is 8.65. The zero-order chi connectivity index (χ0) is 40.6. The molecule has 2 saturated heterocycles. The van der Waals surface area contributed by atoms with E-state index in [4.69, 9.17) is 18.3 Å². The summed E-state index contributed by atoms with van der Waals surface area (Å²) in [6.45, 7) is 3.26. The first-order chi connectivity index (χ1) is 27.7. The molecule has 2 aromatic carbocycles. The molecule has 0 unspecified atom stereocenters. The number of benzene rings is 2. The molecule has 4 aliphatic rings. The summed E-state index contributed by atoms with van der Waals surface area (Å²) in [5, 5.41) is 26.8. The molecule has 304 valence electrons. The molecule has 10 rings (SSSR count). The minimum atomic E-state index is -3.14. The summed E-state index contributed by atoms with van der Waals surface area (Å²) in [5.41, 5.74) is 3.07. The third kappa shape index (κ3) is 7.09. The van der Waals surface area contributed by atoms with Gasteiger partial charge in [0.05, 0.1) is 26.6 Å². The van der Waals surface area contributed by atoms with Crippen LogP contribution in [0, 0.1) is 34.3 Å². The number of hydrogen-bond donors (Lipinski definition) is 1. The molecule has 23 heteroatoms. The monoisotopic (exact) mass is 948 g/mol. The minimum absolute atomic E-state index is 0.0431. The topological polar surface area (TPSA) is 223 Å². The van der Waals surface area contributed by atoms with E-state index in [1.807, 2.05) is 0 Å². The molecule has 4 aromatic heterocycles. The first-order valence-electron chi connectivity index (χ1n) is 18.1. The van der Waals surface area contributed by atoms with Gasteiger partial charge in [-0.05, 0) is 140 Å². The molecule has 4 fully saturated rings. The van der Waals surface area contributed by atoms with Crippen LogP contribution >= 0.6 is 31.9 Å². The van der Waals surface area contributed by atoms with Crippen LogP contribution in [0.2, 0.25) is 0 Å². The molecule has 0 bridgehead atoms. The average Bonchev–Trinajstić information content (AvgIpc) is 3.91. The Morgan fingerprint density at radius 2 is 1.17 bits per heavy atom. The second-order valence-corrected chi connectivity index (χ2v) is 19.3. The highest BCUT2D eigenvalue weighted by Gasteiger charge is 2.54. The highest BCUT2D eigenvalue weighted by Crippen LogP contribution is 2.54. The third-order valence-corrected chi connectivity index (χ3v) is 13.8. The van der Waals surface area contributed by atoms with Crippen LogP contribution in [0.4, 0.5) is 8.78 Å². The molecule has 18 nitrogen and oxygen atoms in total. The number of halogens is 4. The number of aromatic nitrogens is 8. The average molecular weight is 951 g/mol. The van der Waals surface area contributed by atoms with Gasteiger partial charge in [-0.15, -0.1) is 0 Å². The maximum absolute atomic E-state index is 13.6. The summed E-state index contributed by atoms with van der Waals surface area (Å²) in [6.07, 6.45) is 6.51. The van der Waals surface area contributed by atoms with Gasteiger partial charge < -0.3 is 5.32 Å². The Morgan fingerprint density at radius 1 is 0.724 bits per heavy atom. The molecule has 0 radical (unpaired) electrons. The van der Waals surface area contributed by atoms with Crippen molar-refractivity contribution in [3.63, 3.8) is 0 Å². The van der Waals surface area contributed by atoms with Crippen LogP contribution in [0.1, 0.15) is 37.1 Å². The molecule has 2 saturated carbocycles. The second-order valence-electron chi connectivity index (χ2n) is 15.6. The normalized spacial score (nSPS) is 19.6. The lowest BCUT2D eigenvalue weighted by molar-refractivity contribution is -0.0523. The highest BCUT2D eigenvalue weighted by molar-refractivity contribution is 9.10. The van der Waals surface area contributed by atoms with E-state index in [9.17, 15) is 26.8 Å².